The van der Waals surface area contributed by atoms with Crippen molar-refractivity contribution in [3.63, 3.8) is 0 Å². The molecule has 0 aromatic carbocycles. The average molecular weight is 255 g/mol. The highest BCUT2D eigenvalue weighted by atomic mass is 15.2. The number of hydrogen-bond donors (Lipinski definition) is 1. The fraction of sp³-hybridized carbons (Fsp3) is 1.00. The van der Waals surface area contributed by atoms with Crippen molar-refractivity contribution in [1.82, 2.24) is 9.80 Å². The van der Waals surface area contributed by atoms with Crippen molar-refractivity contribution in [3.05, 3.63) is 0 Å². The van der Waals surface area contributed by atoms with E-state index in [9.17, 15) is 0 Å². The summed E-state index contributed by atoms with van der Waals surface area (Å²) in [6, 6.07) is 0.673. The Balaban J connectivity index is 2.62. The molecule has 0 bridgehead atoms. The van der Waals surface area contributed by atoms with Crippen LogP contribution in [0.15, 0.2) is 0 Å². The summed E-state index contributed by atoms with van der Waals surface area (Å²) in [6.45, 7) is 14.7. The van der Waals surface area contributed by atoms with Crippen LogP contribution in [0.3, 0.4) is 0 Å². The quantitative estimate of drug-likeness (QED) is 0.758. The van der Waals surface area contributed by atoms with E-state index < -0.39 is 0 Å². The Kier molecular flexibility index (Phi) is 6.61. The van der Waals surface area contributed by atoms with Crippen molar-refractivity contribution in [2.45, 2.75) is 65.0 Å². The molecule has 0 amide bonds. The molecule has 108 valence electrons. The second-order valence-corrected chi connectivity index (χ2v) is 5.99. The normalized spacial score (nSPS) is 20.8. The van der Waals surface area contributed by atoms with Gasteiger partial charge in [-0.2, -0.15) is 0 Å². The van der Waals surface area contributed by atoms with Crippen molar-refractivity contribution in [3.8, 4) is 0 Å². The summed E-state index contributed by atoms with van der Waals surface area (Å²) in [5, 5.41) is 0. The second kappa shape index (κ2) is 7.46. The Morgan fingerprint density at radius 2 is 1.83 bits per heavy atom. The van der Waals surface area contributed by atoms with E-state index in [-0.39, 0.29) is 5.54 Å². The minimum Gasteiger partial charge on any atom is -0.329 e. The molecule has 0 aromatic heterocycles. The maximum atomic E-state index is 6.15. The van der Waals surface area contributed by atoms with E-state index in [0.29, 0.717) is 6.04 Å². The van der Waals surface area contributed by atoms with Crippen molar-refractivity contribution in [1.29, 1.82) is 0 Å². The summed E-state index contributed by atoms with van der Waals surface area (Å²) < 4.78 is 0. The number of nitrogens with zero attached hydrogens (tertiary/aromatic N) is 2. The summed E-state index contributed by atoms with van der Waals surface area (Å²) in [5.41, 5.74) is 6.42. The summed E-state index contributed by atoms with van der Waals surface area (Å²) in [6.07, 6.45) is 5.04. The van der Waals surface area contributed by atoms with E-state index >= 15 is 0 Å². The zero-order chi connectivity index (χ0) is 13.6. The van der Waals surface area contributed by atoms with Gasteiger partial charge in [0.2, 0.25) is 0 Å². The van der Waals surface area contributed by atoms with Crippen LogP contribution in [0.5, 0.6) is 0 Å². The Bertz CT molecular complexity index is 220. The fourth-order valence-corrected chi connectivity index (χ4v) is 3.19. The molecule has 2 N–H and O–H groups in total. The maximum Gasteiger partial charge on any atom is 0.0355 e. The first kappa shape index (κ1) is 15.9. The Labute approximate surface area is 114 Å². The maximum absolute atomic E-state index is 6.15. The SMILES string of the molecule is CCCCN(CC)C1(CN)CCN(C(C)C)CC1. The lowest BCUT2D eigenvalue weighted by Gasteiger charge is -2.49. The van der Waals surface area contributed by atoms with Gasteiger partial charge in [-0.1, -0.05) is 20.3 Å². The lowest BCUT2D eigenvalue weighted by molar-refractivity contribution is 0.0202. The molecule has 0 aromatic rings. The van der Waals surface area contributed by atoms with Crippen LogP contribution in [-0.4, -0.2) is 54.1 Å². The van der Waals surface area contributed by atoms with E-state index in [1.165, 1.54) is 45.3 Å². The number of hydrogen-bond acceptors (Lipinski definition) is 3. The van der Waals surface area contributed by atoms with Crippen molar-refractivity contribution < 1.29 is 0 Å². The van der Waals surface area contributed by atoms with Crippen molar-refractivity contribution in [2.24, 2.45) is 5.73 Å². The highest BCUT2D eigenvalue weighted by molar-refractivity contribution is 4.96. The van der Waals surface area contributed by atoms with Gasteiger partial charge in [-0.25, -0.2) is 0 Å². The zero-order valence-corrected chi connectivity index (χ0v) is 12.9. The zero-order valence-electron chi connectivity index (χ0n) is 12.9. The molecule has 1 rings (SSSR count). The molecule has 1 heterocycles. The molecule has 1 aliphatic rings. The molecule has 0 aliphatic carbocycles. The molecule has 3 heteroatoms. The van der Waals surface area contributed by atoms with Crippen LogP contribution in [0, 0.1) is 0 Å². The van der Waals surface area contributed by atoms with Crippen LogP contribution in [0.4, 0.5) is 0 Å². The Morgan fingerprint density at radius 1 is 1.22 bits per heavy atom. The number of rotatable bonds is 7. The van der Waals surface area contributed by atoms with Gasteiger partial charge in [0.25, 0.3) is 0 Å². The van der Waals surface area contributed by atoms with Gasteiger partial charge in [0.05, 0.1) is 0 Å². The van der Waals surface area contributed by atoms with Gasteiger partial charge in [-0.15, -0.1) is 0 Å². The van der Waals surface area contributed by atoms with E-state index in [1.54, 1.807) is 0 Å². The molecular formula is C15H33N3. The largest absolute Gasteiger partial charge is 0.329 e. The summed E-state index contributed by atoms with van der Waals surface area (Å²) in [5.74, 6) is 0. The van der Waals surface area contributed by atoms with Gasteiger partial charge < -0.3 is 10.6 Å². The van der Waals surface area contributed by atoms with E-state index in [1.807, 2.05) is 0 Å². The van der Waals surface area contributed by atoms with Crippen LogP contribution >= 0.6 is 0 Å². The van der Waals surface area contributed by atoms with E-state index in [0.717, 1.165) is 13.1 Å². The summed E-state index contributed by atoms with van der Waals surface area (Å²) in [7, 11) is 0. The Morgan fingerprint density at radius 3 is 2.22 bits per heavy atom. The molecular weight excluding hydrogens is 222 g/mol. The third-order valence-electron chi connectivity index (χ3n) is 4.67. The smallest absolute Gasteiger partial charge is 0.0355 e. The topological polar surface area (TPSA) is 32.5 Å². The summed E-state index contributed by atoms with van der Waals surface area (Å²) in [4.78, 5) is 5.23. The standard InChI is InChI=1S/C15H33N3/c1-5-7-10-18(6-2)15(13-16)8-11-17(12-9-15)14(3)4/h14H,5-13,16H2,1-4H3. The third-order valence-corrected chi connectivity index (χ3v) is 4.67. The molecule has 18 heavy (non-hydrogen) atoms. The predicted molar refractivity (Wildman–Crippen MR) is 79.9 cm³/mol. The third kappa shape index (κ3) is 3.69. The van der Waals surface area contributed by atoms with Crippen LogP contribution in [0.25, 0.3) is 0 Å². The molecule has 0 spiro atoms. The van der Waals surface area contributed by atoms with Crippen molar-refractivity contribution >= 4 is 0 Å². The van der Waals surface area contributed by atoms with Gasteiger partial charge in [0.15, 0.2) is 0 Å². The lowest BCUT2D eigenvalue weighted by Crippen LogP contribution is -2.60. The van der Waals surface area contributed by atoms with Gasteiger partial charge >= 0.3 is 0 Å². The molecule has 1 fully saturated rings. The number of piperidine rings is 1. The minimum atomic E-state index is 0.273. The molecule has 1 saturated heterocycles. The van der Waals surface area contributed by atoms with Crippen LogP contribution < -0.4 is 5.73 Å². The molecule has 0 atom stereocenters. The molecule has 0 unspecified atom stereocenters. The minimum absolute atomic E-state index is 0.273. The highest BCUT2D eigenvalue weighted by Gasteiger charge is 2.38. The molecule has 0 saturated carbocycles. The van der Waals surface area contributed by atoms with E-state index in [4.69, 9.17) is 5.73 Å². The summed E-state index contributed by atoms with van der Waals surface area (Å²) >= 11 is 0. The number of nitrogens with two attached hydrogens (primary N) is 1. The highest BCUT2D eigenvalue weighted by Crippen LogP contribution is 2.29. The first-order valence-corrected chi connectivity index (χ1v) is 7.78. The fourth-order valence-electron chi connectivity index (χ4n) is 3.19. The van der Waals surface area contributed by atoms with Crippen molar-refractivity contribution in [2.75, 3.05) is 32.7 Å². The monoisotopic (exact) mass is 255 g/mol. The number of unbranched alkanes of at least 4 members (excludes halogenated alkanes) is 1. The number of likely N-dealkylation sites (N-methyl/N-ethyl adjacent to an activating group) is 1. The first-order valence-electron chi connectivity index (χ1n) is 7.78. The van der Waals surface area contributed by atoms with Crippen LogP contribution in [-0.2, 0) is 0 Å². The average Bonchev–Trinajstić information content (AvgIpc) is 2.40. The first-order chi connectivity index (χ1) is 8.59. The van der Waals surface area contributed by atoms with Crippen LogP contribution in [0.1, 0.15) is 53.4 Å². The molecule has 1 aliphatic heterocycles. The number of likely N-dealkylation sites (tertiary alicyclic amines) is 1. The van der Waals surface area contributed by atoms with Gasteiger partial charge in [0.1, 0.15) is 0 Å². The van der Waals surface area contributed by atoms with Gasteiger partial charge in [0, 0.05) is 31.2 Å². The predicted octanol–water partition coefficient (Wildman–Crippen LogP) is 2.31. The second-order valence-electron chi connectivity index (χ2n) is 5.99. The molecule has 3 nitrogen and oxygen atoms in total. The molecule has 0 radical (unpaired) electrons. The Hall–Kier alpha value is -0.120. The van der Waals surface area contributed by atoms with Crippen LogP contribution in [0.2, 0.25) is 0 Å². The van der Waals surface area contributed by atoms with Gasteiger partial charge in [-0.3, -0.25) is 4.90 Å². The van der Waals surface area contributed by atoms with E-state index in [2.05, 4.69) is 37.5 Å². The lowest BCUT2D eigenvalue weighted by atomic mass is 9.85. The van der Waals surface area contributed by atoms with Gasteiger partial charge in [-0.05, 0) is 46.2 Å².